The highest BCUT2D eigenvalue weighted by atomic mass is 19.1. The summed E-state index contributed by atoms with van der Waals surface area (Å²) >= 11 is 0. The van der Waals surface area contributed by atoms with Crippen molar-refractivity contribution >= 4 is 0 Å². The second-order valence-electron chi connectivity index (χ2n) is 2.48. The Kier molecular flexibility index (Phi) is 2.73. The molecule has 0 aliphatic carbocycles. The normalized spacial score (nSPS) is 10.3. The van der Waals surface area contributed by atoms with Gasteiger partial charge < -0.3 is 0 Å². The van der Waals surface area contributed by atoms with E-state index in [0.717, 1.165) is 6.07 Å². The topological polar surface area (TPSA) is 35.2 Å². The molecule has 0 atom stereocenters. The number of nitrogens with two attached hydrogens (primary N) is 1. The van der Waals surface area contributed by atoms with Crippen LogP contribution in [0.1, 0.15) is 11.1 Å². The van der Waals surface area contributed by atoms with Gasteiger partial charge in [-0.15, -0.1) is 0 Å². The number of hydrogen-bond donors (Lipinski definition) is 1. The van der Waals surface area contributed by atoms with Gasteiger partial charge in [0, 0.05) is 6.07 Å². The fourth-order valence-electron chi connectivity index (χ4n) is 0.939. The van der Waals surface area contributed by atoms with Crippen molar-refractivity contribution in [2.75, 3.05) is 0 Å². The summed E-state index contributed by atoms with van der Waals surface area (Å²) in [5.41, 5.74) is 0.789. The van der Waals surface area contributed by atoms with E-state index in [-0.39, 0.29) is 6.61 Å². The molecule has 0 unspecified atom stereocenters. The van der Waals surface area contributed by atoms with Crippen molar-refractivity contribution in [1.82, 2.24) is 0 Å². The van der Waals surface area contributed by atoms with E-state index in [9.17, 15) is 8.78 Å². The Morgan fingerprint density at radius 3 is 2.67 bits per heavy atom. The van der Waals surface area contributed by atoms with Gasteiger partial charge in [0.1, 0.15) is 11.6 Å². The van der Waals surface area contributed by atoms with Crippen LogP contribution in [-0.4, -0.2) is 0 Å². The van der Waals surface area contributed by atoms with Crippen molar-refractivity contribution in [3.8, 4) is 0 Å². The van der Waals surface area contributed by atoms with E-state index in [1.807, 2.05) is 0 Å². The zero-order valence-electron chi connectivity index (χ0n) is 6.60. The molecule has 0 bridgehead atoms. The fraction of sp³-hybridized carbons (Fsp3) is 0.250. The molecule has 0 fully saturated rings. The number of benzene rings is 1. The first kappa shape index (κ1) is 9.09. The fourth-order valence-corrected chi connectivity index (χ4v) is 0.939. The lowest BCUT2D eigenvalue weighted by Gasteiger charge is -2.04. The molecule has 0 heterocycles. The van der Waals surface area contributed by atoms with Gasteiger partial charge in [0.05, 0.1) is 6.61 Å². The summed E-state index contributed by atoms with van der Waals surface area (Å²) in [5, 5.41) is 0. The molecule has 1 rings (SSSR count). The van der Waals surface area contributed by atoms with Crippen LogP contribution < -0.4 is 5.90 Å². The Morgan fingerprint density at radius 2 is 2.08 bits per heavy atom. The molecule has 2 N–H and O–H groups in total. The molecule has 4 heteroatoms. The predicted molar refractivity (Wildman–Crippen MR) is 40.1 cm³/mol. The van der Waals surface area contributed by atoms with E-state index in [0.29, 0.717) is 11.1 Å². The first-order valence-electron chi connectivity index (χ1n) is 3.41. The summed E-state index contributed by atoms with van der Waals surface area (Å²) in [5.74, 6) is 3.58. The molecule has 66 valence electrons. The van der Waals surface area contributed by atoms with E-state index in [4.69, 9.17) is 5.90 Å². The maximum absolute atomic E-state index is 12.8. The molecule has 0 saturated heterocycles. The minimum absolute atomic E-state index is 0.0144. The summed E-state index contributed by atoms with van der Waals surface area (Å²) in [6.07, 6.45) is 0. The monoisotopic (exact) mass is 173 g/mol. The highest BCUT2D eigenvalue weighted by Gasteiger charge is 2.06. The summed E-state index contributed by atoms with van der Waals surface area (Å²) in [4.78, 5) is 4.29. The maximum Gasteiger partial charge on any atom is 0.129 e. The van der Waals surface area contributed by atoms with Crippen molar-refractivity contribution in [3.05, 3.63) is 34.9 Å². The third-order valence-corrected chi connectivity index (χ3v) is 1.66. The zero-order chi connectivity index (χ0) is 9.14. The molecule has 0 aromatic heterocycles. The van der Waals surface area contributed by atoms with Gasteiger partial charge >= 0.3 is 0 Å². The Hall–Kier alpha value is -1.00. The molecule has 0 amide bonds. The first-order valence-corrected chi connectivity index (χ1v) is 3.41. The summed E-state index contributed by atoms with van der Waals surface area (Å²) in [7, 11) is 0. The van der Waals surface area contributed by atoms with Crippen LogP contribution in [0.2, 0.25) is 0 Å². The average Bonchev–Trinajstić information content (AvgIpc) is 2.00. The van der Waals surface area contributed by atoms with Gasteiger partial charge in [-0.05, 0) is 24.1 Å². The van der Waals surface area contributed by atoms with Crippen LogP contribution in [0.15, 0.2) is 12.1 Å². The highest BCUT2D eigenvalue weighted by molar-refractivity contribution is 5.27. The lowest BCUT2D eigenvalue weighted by atomic mass is 10.1. The molecule has 0 saturated carbocycles. The van der Waals surface area contributed by atoms with Crippen molar-refractivity contribution < 1.29 is 13.6 Å². The lowest BCUT2D eigenvalue weighted by Crippen LogP contribution is -2.02. The number of rotatable bonds is 2. The van der Waals surface area contributed by atoms with Crippen LogP contribution >= 0.6 is 0 Å². The average molecular weight is 173 g/mol. The second kappa shape index (κ2) is 3.60. The van der Waals surface area contributed by atoms with Crippen molar-refractivity contribution in [2.24, 2.45) is 5.90 Å². The van der Waals surface area contributed by atoms with E-state index in [1.54, 1.807) is 6.92 Å². The van der Waals surface area contributed by atoms with Crippen molar-refractivity contribution in [1.29, 1.82) is 0 Å². The van der Waals surface area contributed by atoms with Gasteiger partial charge in [-0.3, -0.25) is 4.84 Å². The van der Waals surface area contributed by atoms with Crippen molar-refractivity contribution in [3.63, 3.8) is 0 Å². The van der Waals surface area contributed by atoms with Crippen LogP contribution in [0.3, 0.4) is 0 Å². The Balaban J connectivity index is 3.09. The third kappa shape index (κ3) is 1.78. The van der Waals surface area contributed by atoms with Crippen LogP contribution in [0.5, 0.6) is 0 Å². The highest BCUT2D eigenvalue weighted by Crippen LogP contribution is 2.15. The number of hydrogen-bond acceptors (Lipinski definition) is 2. The quantitative estimate of drug-likeness (QED) is 0.690. The first-order chi connectivity index (χ1) is 5.65. The van der Waals surface area contributed by atoms with Crippen LogP contribution in [0.25, 0.3) is 0 Å². The molecule has 0 spiro atoms. The lowest BCUT2D eigenvalue weighted by molar-refractivity contribution is 0.123. The minimum atomic E-state index is -0.620. The third-order valence-electron chi connectivity index (χ3n) is 1.66. The van der Waals surface area contributed by atoms with Gasteiger partial charge in [-0.2, -0.15) is 0 Å². The molecule has 12 heavy (non-hydrogen) atoms. The Bertz CT molecular complexity index is 289. The smallest absolute Gasteiger partial charge is 0.129 e. The van der Waals surface area contributed by atoms with Crippen LogP contribution in [0, 0.1) is 18.6 Å². The molecule has 2 nitrogen and oxygen atoms in total. The molecule has 1 aromatic rings. The minimum Gasteiger partial charge on any atom is -0.300 e. The SMILES string of the molecule is Cc1c(F)cc(F)cc1CON. The second-order valence-corrected chi connectivity index (χ2v) is 2.48. The van der Waals surface area contributed by atoms with Gasteiger partial charge in [0.15, 0.2) is 0 Å². The summed E-state index contributed by atoms with van der Waals surface area (Å²) < 4.78 is 25.4. The van der Waals surface area contributed by atoms with Crippen molar-refractivity contribution in [2.45, 2.75) is 13.5 Å². The molecular weight excluding hydrogens is 164 g/mol. The van der Waals surface area contributed by atoms with E-state index >= 15 is 0 Å². The molecule has 1 aromatic carbocycles. The van der Waals surface area contributed by atoms with Crippen LogP contribution in [0.4, 0.5) is 8.78 Å². The molecule has 0 radical (unpaired) electrons. The molecule has 0 aliphatic rings. The van der Waals surface area contributed by atoms with Crippen LogP contribution in [-0.2, 0) is 11.4 Å². The summed E-state index contributed by atoms with van der Waals surface area (Å²) in [6, 6.07) is 2.03. The molecular formula is C8H9F2NO. The Morgan fingerprint density at radius 1 is 1.42 bits per heavy atom. The standard InChI is InChI=1S/C8H9F2NO/c1-5-6(4-12-11)2-7(9)3-8(5)10/h2-3H,4,11H2,1H3. The zero-order valence-corrected chi connectivity index (χ0v) is 6.60. The van der Waals surface area contributed by atoms with Gasteiger partial charge in [0.25, 0.3) is 0 Å². The van der Waals surface area contributed by atoms with E-state index in [2.05, 4.69) is 4.84 Å². The maximum atomic E-state index is 12.8. The van der Waals surface area contributed by atoms with Gasteiger partial charge in [-0.25, -0.2) is 14.7 Å². The summed E-state index contributed by atoms with van der Waals surface area (Å²) in [6.45, 7) is 1.56. The number of halogens is 2. The predicted octanol–water partition coefficient (Wildman–Crippen LogP) is 1.66. The van der Waals surface area contributed by atoms with E-state index in [1.165, 1.54) is 6.07 Å². The van der Waals surface area contributed by atoms with Gasteiger partial charge in [-0.1, -0.05) is 0 Å². The van der Waals surface area contributed by atoms with E-state index < -0.39 is 11.6 Å². The van der Waals surface area contributed by atoms with Gasteiger partial charge in [0.2, 0.25) is 0 Å². The Labute approximate surface area is 68.9 Å². The molecule has 0 aliphatic heterocycles. The largest absolute Gasteiger partial charge is 0.300 e.